The van der Waals surface area contributed by atoms with E-state index in [1.54, 1.807) is 12.2 Å². The average molecular weight is 605 g/mol. The number of amides is 2. The number of allylic oxidation sites excluding steroid dienone is 2. The van der Waals surface area contributed by atoms with Gasteiger partial charge in [0.25, 0.3) is 0 Å². The highest BCUT2D eigenvalue weighted by molar-refractivity contribution is 5.89. The summed E-state index contributed by atoms with van der Waals surface area (Å²) in [6.07, 6.45) is 40.0. The van der Waals surface area contributed by atoms with Crippen molar-refractivity contribution in [3.8, 4) is 0 Å². The molecular formula is C37H68N2O4. The molecule has 0 heterocycles. The fourth-order valence-electron chi connectivity index (χ4n) is 5.64. The molecular weight excluding hydrogens is 536 g/mol. The summed E-state index contributed by atoms with van der Waals surface area (Å²) in [5.41, 5.74) is 0. The Labute approximate surface area is 265 Å². The smallest absolute Gasteiger partial charge is 0.243 e. The van der Waals surface area contributed by atoms with Crippen LogP contribution < -0.4 is 10.6 Å². The predicted molar refractivity (Wildman–Crippen MR) is 181 cm³/mol. The van der Waals surface area contributed by atoms with Crippen molar-refractivity contribution in [3.63, 3.8) is 0 Å². The van der Waals surface area contributed by atoms with Crippen molar-refractivity contribution in [1.82, 2.24) is 10.6 Å². The SMILES string of the molecule is O=C(C=CCCCCCCCCCCCCCCO)N[C@@H]1C[C@H]1NC(=O)C=CCCCCCCCCCCCCCCO. The summed E-state index contributed by atoms with van der Waals surface area (Å²) in [4.78, 5) is 24.3. The van der Waals surface area contributed by atoms with Gasteiger partial charge in [-0.25, -0.2) is 0 Å². The molecule has 1 saturated carbocycles. The van der Waals surface area contributed by atoms with E-state index >= 15 is 0 Å². The summed E-state index contributed by atoms with van der Waals surface area (Å²) >= 11 is 0. The van der Waals surface area contributed by atoms with Gasteiger partial charge < -0.3 is 20.8 Å². The molecule has 0 unspecified atom stereocenters. The lowest BCUT2D eigenvalue weighted by atomic mass is 10.0. The molecule has 1 fully saturated rings. The van der Waals surface area contributed by atoms with Gasteiger partial charge in [0.15, 0.2) is 0 Å². The quantitative estimate of drug-likeness (QED) is 0.0456. The van der Waals surface area contributed by atoms with Crippen LogP contribution in [0.4, 0.5) is 0 Å². The van der Waals surface area contributed by atoms with E-state index in [2.05, 4.69) is 10.6 Å². The number of aliphatic hydroxyl groups is 2. The first-order valence-electron chi connectivity index (χ1n) is 18.3. The highest BCUT2D eigenvalue weighted by atomic mass is 16.3. The van der Waals surface area contributed by atoms with Gasteiger partial charge in [-0.2, -0.15) is 0 Å². The first-order valence-corrected chi connectivity index (χ1v) is 18.3. The minimum Gasteiger partial charge on any atom is -0.396 e. The van der Waals surface area contributed by atoms with Crippen LogP contribution in [0.2, 0.25) is 0 Å². The lowest BCUT2D eigenvalue weighted by molar-refractivity contribution is -0.118. The molecule has 1 aliphatic carbocycles. The van der Waals surface area contributed by atoms with Crippen molar-refractivity contribution >= 4 is 11.8 Å². The molecule has 1 rings (SSSR count). The third kappa shape index (κ3) is 27.6. The van der Waals surface area contributed by atoms with E-state index in [0.29, 0.717) is 13.2 Å². The van der Waals surface area contributed by atoms with Gasteiger partial charge in [0.05, 0.1) is 12.1 Å². The summed E-state index contributed by atoms with van der Waals surface area (Å²) in [6.45, 7) is 0.667. The molecule has 1 aliphatic rings. The molecule has 2 amide bonds. The Morgan fingerprint density at radius 1 is 0.442 bits per heavy atom. The average Bonchev–Trinajstić information content (AvgIpc) is 3.73. The van der Waals surface area contributed by atoms with Crippen molar-refractivity contribution < 1.29 is 19.8 Å². The Balaban J connectivity index is 1.86. The minimum atomic E-state index is -0.0529. The van der Waals surface area contributed by atoms with Crippen LogP contribution in [0.3, 0.4) is 0 Å². The molecule has 0 saturated heterocycles. The molecule has 0 aromatic carbocycles. The van der Waals surface area contributed by atoms with Gasteiger partial charge in [-0.15, -0.1) is 0 Å². The zero-order valence-electron chi connectivity index (χ0n) is 27.7. The predicted octanol–water partition coefficient (Wildman–Crippen LogP) is 8.60. The molecule has 0 aliphatic heterocycles. The lowest BCUT2D eigenvalue weighted by Gasteiger charge is -2.03. The molecule has 0 aromatic rings. The Morgan fingerprint density at radius 2 is 0.698 bits per heavy atom. The molecule has 43 heavy (non-hydrogen) atoms. The second-order valence-corrected chi connectivity index (χ2v) is 12.8. The normalized spacial score (nSPS) is 16.3. The third-order valence-electron chi connectivity index (χ3n) is 8.54. The number of carbonyl (C=O) groups excluding carboxylic acids is 2. The Bertz CT molecular complexity index is 651. The first kappa shape index (κ1) is 39.4. The molecule has 0 radical (unpaired) electrons. The zero-order chi connectivity index (χ0) is 31.1. The zero-order valence-corrected chi connectivity index (χ0v) is 27.7. The lowest BCUT2D eigenvalue weighted by Crippen LogP contribution is -2.33. The molecule has 0 spiro atoms. The molecule has 0 aromatic heterocycles. The first-order chi connectivity index (χ1) is 21.2. The number of aliphatic hydroxyl groups excluding tert-OH is 2. The molecule has 4 N–H and O–H groups in total. The number of hydrogen-bond acceptors (Lipinski definition) is 4. The van der Waals surface area contributed by atoms with Crippen LogP contribution in [0, 0.1) is 0 Å². The number of hydrogen-bond donors (Lipinski definition) is 4. The molecule has 2 atom stereocenters. The van der Waals surface area contributed by atoms with Gasteiger partial charge in [-0.05, 0) is 57.1 Å². The van der Waals surface area contributed by atoms with Gasteiger partial charge in [0, 0.05) is 13.2 Å². The molecule has 0 bridgehead atoms. The monoisotopic (exact) mass is 605 g/mol. The van der Waals surface area contributed by atoms with E-state index < -0.39 is 0 Å². The molecule has 6 nitrogen and oxygen atoms in total. The van der Waals surface area contributed by atoms with E-state index in [0.717, 1.165) is 44.9 Å². The van der Waals surface area contributed by atoms with E-state index in [1.165, 1.54) is 128 Å². The minimum absolute atomic E-state index is 0.0529. The van der Waals surface area contributed by atoms with Crippen molar-refractivity contribution in [2.24, 2.45) is 0 Å². The Morgan fingerprint density at radius 3 is 0.977 bits per heavy atom. The van der Waals surface area contributed by atoms with Crippen LogP contribution in [0.1, 0.15) is 173 Å². The second-order valence-electron chi connectivity index (χ2n) is 12.8. The van der Waals surface area contributed by atoms with E-state index in [9.17, 15) is 9.59 Å². The van der Waals surface area contributed by atoms with Crippen molar-refractivity contribution in [2.75, 3.05) is 13.2 Å². The van der Waals surface area contributed by atoms with Gasteiger partial charge >= 0.3 is 0 Å². The Hall–Kier alpha value is -1.66. The van der Waals surface area contributed by atoms with Gasteiger partial charge in [-0.1, -0.05) is 141 Å². The van der Waals surface area contributed by atoms with Crippen LogP contribution in [0.25, 0.3) is 0 Å². The van der Waals surface area contributed by atoms with Crippen LogP contribution in [-0.2, 0) is 9.59 Å². The fourth-order valence-corrected chi connectivity index (χ4v) is 5.64. The standard InChI is InChI=1S/C37H68N2O4/c40-31-27-23-19-15-11-7-3-1-5-9-13-17-21-25-29-36(42)38-34-33-35(34)39-37(43)30-26-22-18-14-10-6-2-4-8-12-16-20-24-28-32-41/h25-26,29-30,34-35,40-41H,1-24,27-28,31-33H2,(H,38,42)(H,39,43)/t34-,35-/m1/s1. The largest absolute Gasteiger partial charge is 0.396 e. The van der Waals surface area contributed by atoms with Crippen LogP contribution in [-0.4, -0.2) is 47.3 Å². The maximum absolute atomic E-state index is 12.1. The van der Waals surface area contributed by atoms with Gasteiger partial charge in [0.1, 0.15) is 0 Å². The summed E-state index contributed by atoms with van der Waals surface area (Å²) in [6, 6.07) is 0.114. The highest BCUT2D eigenvalue weighted by Gasteiger charge is 2.38. The van der Waals surface area contributed by atoms with Crippen LogP contribution in [0.5, 0.6) is 0 Å². The topological polar surface area (TPSA) is 98.7 Å². The maximum Gasteiger partial charge on any atom is 0.243 e. The second kappa shape index (κ2) is 30.4. The summed E-state index contributed by atoms with van der Waals surface area (Å²) in [7, 11) is 0. The molecule has 6 heteroatoms. The Kier molecular flexibility index (Phi) is 27.8. The van der Waals surface area contributed by atoms with E-state index in [1.807, 2.05) is 12.2 Å². The van der Waals surface area contributed by atoms with Crippen molar-refractivity contribution in [3.05, 3.63) is 24.3 Å². The summed E-state index contributed by atoms with van der Waals surface area (Å²) < 4.78 is 0. The van der Waals surface area contributed by atoms with Crippen LogP contribution >= 0.6 is 0 Å². The number of unbranched alkanes of at least 4 members (excludes halogenated alkanes) is 24. The number of nitrogens with one attached hydrogen (secondary N) is 2. The van der Waals surface area contributed by atoms with E-state index in [4.69, 9.17) is 10.2 Å². The summed E-state index contributed by atoms with van der Waals surface area (Å²) in [5.74, 6) is -0.106. The van der Waals surface area contributed by atoms with Crippen molar-refractivity contribution in [1.29, 1.82) is 0 Å². The fraction of sp³-hybridized carbons (Fsp3) is 0.838. The van der Waals surface area contributed by atoms with Gasteiger partial charge in [0.2, 0.25) is 11.8 Å². The summed E-state index contributed by atoms with van der Waals surface area (Å²) in [5, 5.41) is 23.6. The number of carbonyl (C=O) groups is 2. The number of rotatable bonds is 32. The maximum atomic E-state index is 12.1. The molecule has 250 valence electrons. The van der Waals surface area contributed by atoms with Crippen LogP contribution in [0.15, 0.2) is 24.3 Å². The highest BCUT2D eigenvalue weighted by Crippen LogP contribution is 2.21. The van der Waals surface area contributed by atoms with Gasteiger partial charge in [-0.3, -0.25) is 9.59 Å². The third-order valence-corrected chi connectivity index (χ3v) is 8.54. The van der Waals surface area contributed by atoms with Crippen molar-refractivity contribution in [2.45, 2.75) is 185 Å². The van der Waals surface area contributed by atoms with E-state index in [-0.39, 0.29) is 23.9 Å².